The molecule has 0 spiro atoms. The first kappa shape index (κ1) is 12.5. The molecule has 76 valence electrons. The highest BCUT2D eigenvalue weighted by Crippen LogP contribution is 2.08. The number of unbranched alkanes of at least 4 members (excludes halogenated alkanes) is 1. The Bertz CT molecular complexity index is 185. The van der Waals surface area contributed by atoms with Gasteiger partial charge < -0.3 is 5.11 Å². The molecule has 0 aliphatic heterocycles. The van der Waals surface area contributed by atoms with E-state index in [0.717, 1.165) is 31.3 Å². The van der Waals surface area contributed by atoms with Gasteiger partial charge in [0, 0.05) is 0 Å². The van der Waals surface area contributed by atoms with Crippen LogP contribution < -0.4 is 0 Å². The van der Waals surface area contributed by atoms with Gasteiger partial charge in [0.25, 0.3) is 0 Å². The molecule has 1 heteroatoms. The normalized spacial score (nSPS) is 9.54. The Morgan fingerprint density at radius 1 is 1.15 bits per heavy atom. The molecule has 0 unspecified atom stereocenters. The summed E-state index contributed by atoms with van der Waals surface area (Å²) in [5.41, 5.74) is 5.61. The molecular formula is C12H22O. The van der Waals surface area contributed by atoms with E-state index in [4.69, 9.17) is 5.11 Å². The second-order valence-electron chi connectivity index (χ2n) is 3.52. The molecule has 0 atom stereocenters. The van der Waals surface area contributed by atoms with Crippen molar-refractivity contribution in [1.82, 2.24) is 0 Å². The van der Waals surface area contributed by atoms with E-state index in [1.165, 1.54) is 12.0 Å². The summed E-state index contributed by atoms with van der Waals surface area (Å²) < 4.78 is 0. The molecular weight excluding hydrogens is 160 g/mol. The second-order valence-corrected chi connectivity index (χ2v) is 3.52. The molecule has 13 heavy (non-hydrogen) atoms. The van der Waals surface area contributed by atoms with Gasteiger partial charge in [0.15, 0.2) is 0 Å². The SMILES string of the molecule is CCCCC(=C=C(C)CCC)CO. The minimum Gasteiger partial charge on any atom is -0.391 e. The van der Waals surface area contributed by atoms with Crippen LogP contribution in [-0.4, -0.2) is 11.7 Å². The summed E-state index contributed by atoms with van der Waals surface area (Å²) in [5.74, 6) is 0. The van der Waals surface area contributed by atoms with Gasteiger partial charge in [-0.25, -0.2) is 0 Å². The predicted octanol–water partition coefficient (Wildman–Crippen LogP) is 3.44. The molecule has 0 aromatic rings. The Labute approximate surface area is 82.2 Å². The fourth-order valence-corrected chi connectivity index (χ4v) is 1.31. The van der Waals surface area contributed by atoms with Crippen molar-refractivity contribution in [2.75, 3.05) is 6.61 Å². The molecule has 0 fully saturated rings. The first-order valence-corrected chi connectivity index (χ1v) is 5.29. The molecule has 0 rings (SSSR count). The lowest BCUT2D eigenvalue weighted by Crippen LogP contribution is -1.89. The molecule has 0 saturated heterocycles. The first-order chi connectivity index (χ1) is 6.24. The summed E-state index contributed by atoms with van der Waals surface area (Å²) in [5, 5.41) is 9.06. The Kier molecular flexibility index (Phi) is 7.77. The van der Waals surface area contributed by atoms with Crippen molar-refractivity contribution >= 4 is 0 Å². The zero-order valence-electron chi connectivity index (χ0n) is 9.19. The van der Waals surface area contributed by atoms with Crippen molar-refractivity contribution < 1.29 is 5.11 Å². The van der Waals surface area contributed by atoms with E-state index in [0.29, 0.717) is 0 Å². The fraction of sp³-hybridized carbons (Fsp3) is 0.750. The van der Waals surface area contributed by atoms with Gasteiger partial charge in [-0.05, 0) is 37.3 Å². The smallest absolute Gasteiger partial charge is 0.0715 e. The van der Waals surface area contributed by atoms with E-state index in [1.54, 1.807) is 0 Å². The van der Waals surface area contributed by atoms with Crippen LogP contribution in [0.4, 0.5) is 0 Å². The molecule has 0 heterocycles. The van der Waals surface area contributed by atoms with Crippen LogP contribution in [0.3, 0.4) is 0 Å². The Balaban J connectivity index is 4.24. The average Bonchev–Trinajstić information content (AvgIpc) is 2.12. The molecule has 0 aliphatic rings. The van der Waals surface area contributed by atoms with E-state index in [9.17, 15) is 0 Å². The highest BCUT2D eigenvalue weighted by atomic mass is 16.3. The molecule has 0 aromatic heterocycles. The molecule has 1 nitrogen and oxygen atoms in total. The third-order valence-electron chi connectivity index (χ3n) is 2.04. The minimum absolute atomic E-state index is 0.168. The summed E-state index contributed by atoms with van der Waals surface area (Å²) in [7, 11) is 0. The number of aliphatic hydroxyl groups is 1. The zero-order valence-corrected chi connectivity index (χ0v) is 9.19. The lowest BCUT2D eigenvalue weighted by Gasteiger charge is -1.99. The number of aliphatic hydroxyl groups excluding tert-OH is 1. The Hall–Kier alpha value is -0.520. The van der Waals surface area contributed by atoms with Crippen LogP contribution in [-0.2, 0) is 0 Å². The molecule has 0 saturated carbocycles. The van der Waals surface area contributed by atoms with Crippen LogP contribution in [0.25, 0.3) is 0 Å². The predicted molar refractivity (Wildman–Crippen MR) is 57.7 cm³/mol. The summed E-state index contributed by atoms with van der Waals surface area (Å²) in [4.78, 5) is 0. The van der Waals surface area contributed by atoms with Gasteiger partial charge in [-0.15, -0.1) is 5.73 Å². The van der Waals surface area contributed by atoms with Crippen LogP contribution in [0.15, 0.2) is 16.9 Å². The van der Waals surface area contributed by atoms with E-state index >= 15 is 0 Å². The largest absolute Gasteiger partial charge is 0.391 e. The van der Waals surface area contributed by atoms with Crippen LogP contribution >= 0.6 is 0 Å². The Morgan fingerprint density at radius 3 is 2.31 bits per heavy atom. The van der Waals surface area contributed by atoms with Crippen molar-refractivity contribution in [3.63, 3.8) is 0 Å². The maximum absolute atomic E-state index is 9.06. The molecule has 0 amide bonds. The maximum Gasteiger partial charge on any atom is 0.0715 e. The molecule has 1 N–H and O–H groups in total. The van der Waals surface area contributed by atoms with Crippen LogP contribution in [0.5, 0.6) is 0 Å². The van der Waals surface area contributed by atoms with E-state index in [2.05, 4.69) is 26.5 Å². The second kappa shape index (κ2) is 8.10. The van der Waals surface area contributed by atoms with Gasteiger partial charge >= 0.3 is 0 Å². The van der Waals surface area contributed by atoms with Crippen molar-refractivity contribution in [1.29, 1.82) is 0 Å². The van der Waals surface area contributed by atoms with Gasteiger partial charge in [0.1, 0.15) is 0 Å². The highest BCUT2D eigenvalue weighted by Gasteiger charge is 1.94. The van der Waals surface area contributed by atoms with Gasteiger partial charge in [-0.3, -0.25) is 0 Å². The lowest BCUT2D eigenvalue weighted by atomic mass is 10.1. The standard InChI is InChI=1S/C12H22O/c1-4-6-8-12(10-13)9-11(3)7-5-2/h13H,4-8,10H2,1-3H3. The number of hydrogen-bond acceptors (Lipinski definition) is 1. The maximum atomic E-state index is 9.06. The van der Waals surface area contributed by atoms with E-state index in [1.807, 2.05) is 0 Å². The molecule has 0 bridgehead atoms. The van der Waals surface area contributed by atoms with Crippen LogP contribution in [0, 0.1) is 0 Å². The van der Waals surface area contributed by atoms with Gasteiger partial charge in [-0.1, -0.05) is 26.7 Å². The summed E-state index contributed by atoms with van der Waals surface area (Å²) >= 11 is 0. The third kappa shape index (κ3) is 6.62. The summed E-state index contributed by atoms with van der Waals surface area (Å²) in [6, 6.07) is 0. The molecule has 0 radical (unpaired) electrons. The monoisotopic (exact) mass is 182 g/mol. The van der Waals surface area contributed by atoms with Gasteiger partial charge in [0.05, 0.1) is 6.61 Å². The van der Waals surface area contributed by atoms with E-state index < -0.39 is 0 Å². The number of hydrogen-bond donors (Lipinski definition) is 1. The molecule has 0 aliphatic carbocycles. The quantitative estimate of drug-likeness (QED) is 0.624. The average molecular weight is 182 g/mol. The third-order valence-corrected chi connectivity index (χ3v) is 2.04. The lowest BCUT2D eigenvalue weighted by molar-refractivity contribution is 0.326. The number of rotatable bonds is 6. The van der Waals surface area contributed by atoms with Crippen molar-refractivity contribution in [2.24, 2.45) is 0 Å². The summed E-state index contributed by atoms with van der Waals surface area (Å²) in [6.07, 6.45) is 5.58. The van der Waals surface area contributed by atoms with Crippen molar-refractivity contribution in [3.05, 3.63) is 16.9 Å². The van der Waals surface area contributed by atoms with Gasteiger partial charge in [-0.2, -0.15) is 0 Å². The van der Waals surface area contributed by atoms with Gasteiger partial charge in [0.2, 0.25) is 0 Å². The van der Waals surface area contributed by atoms with Crippen LogP contribution in [0.1, 0.15) is 52.9 Å². The highest BCUT2D eigenvalue weighted by molar-refractivity contribution is 5.07. The van der Waals surface area contributed by atoms with Crippen molar-refractivity contribution in [3.8, 4) is 0 Å². The fourth-order valence-electron chi connectivity index (χ4n) is 1.31. The van der Waals surface area contributed by atoms with E-state index in [-0.39, 0.29) is 6.61 Å². The topological polar surface area (TPSA) is 20.2 Å². The minimum atomic E-state index is 0.168. The van der Waals surface area contributed by atoms with Crippen LogP contribution in [0.2, 0.25) is 0 Å². The molecule has 0 aromatic carbocycles. The zero-order chi connectivity index (χ0) is 10.1. The Morgan fingerprint density at radius 2 is 1.85 bits per heavy atom. The first-order valence-electron chi connectivity index (χ1n) is 5.29. The summed E-state index contributed by atoms with van der Waals surface area (Å²) in [6.45, 7) is 6.58. The van der Waals surface area contributed by atoms with Crippen molar-refractivity contribution in [2.45, 2.75) is 52.9 Å².